The van der Waals surface area contributed by atoms with Gasteiger partial charge >= 0.3 is 5.97 Å². The predicted octanol–water partition coefficient (Wildman–Crippen LogP) is 1.33. The number of amides is 1. The van der Waals surface area contributed by atoms with Crippen molar-refractivity contribution in [2.75, 3.05) is 6.54 Å². The highest BCUT2D eigenvalue weighted by Crippen LogP contribution is 2.20. The van der Waals surface area contributed by atoms with Crippen LogP contribution in [0.2, 0.25) is 0 Å². The number of likely N-dealkylation sites (tertiary alicyclic amines) is 1. The molecule has 1 unspecified atom stereocenters. The zero-order valence-corrected chi connectivity index (χ0v) is 12.6. The first-order chi connectivity index (χ1) is 10.1. The van der Waals surface area contributed by atoms with Crippen molar-refractivity contribution in [1.82, 2.24) is 19.9 Å². The molecule has 0 bridgehead atoms. The molecule has 1 fully saturated rings. The van der Waals surface area contributed by atoms with Crippen LogP contribution in [0.4, 0.5) is 0 Å². The summed E-state index contributed by atoms with van der Waals surface area (Å²) in [7, 11) is 0. The van der Waals surface area contributed by atoms with Crippen molar-refractivity contribution >= 4 is 11.9 Å². The maximum atomic E-state index is 12.5. The van der Waals surface area contributed by atoms with Gasteiger partial charge in [0.25, 0.3) is 0 Å². The second-order valence-corrected chi connectivity index (χ2v) is 5.35. The Morgan fingerprint density at radius 3 is 2.71 bits per heavy atom. The fourth-order valence-electron chi connectivity index (χ4n) is 2.95. The fraction of sp³-hybridized carbons (Fsp3) is 0.714. The van der Waals surface area contributed by atoms with Crippen LogP contribution >= 0.6 is 0 Å². The van der Waals surface area contributed by atoms with Crippen molar-refractivity contribution in [2.24, 2.45) is 0 Å². The molecule has 7 nitrogen and oxygen atoms in total. The van der Waals surface area contributed by atoms with Gasteiger partial charge in [0.05, 0.1) is 5.69 Å². The summed E-state index contributed by atoms with van der Waals surface area (Å²) in [4.78, 5) is 25.5. The number of hydrogen-bond acceptors (Lipinski definition) is 4. The number of nitrogens with zero attached hydrogens (tertiary/aromatic N) is 4. The predicted molar refractivity (Wildman–Crippen MR) is 76.0 cm³/mol. The van der Waals surface area contributed by atoms with Gasteiger partial charge in [-0.2, -0.15) is 0 Å². The average Bonchev–Trinajstić information content (AvgIpc) is 2.89. The monoisotopic (exact) mass is 294 g/mol. The molecule has 0 aromatic carbocycles. The van der Waals surface area contributed by atoms with Crippen LogP contribution in [0.3, 0.4) is 0 Å². The lowest BCUT2D eigenvalue weighted by molar-refractivity contribution is -0.135. The van der Waals surface area contributed by atoms with E-state index < -0.39 is 5.97 Å². The van der Waals surface area contributed by atoms with Crippen molar-refractivity contribution < 1.29 is 14.7 Å². The first kappa shape index (κ1) is 15.5. The number of hydrogen-bond donors (Lipinski definition) is 1. The highest BCUT2D eigenvalue weighted by Gasteiger charge is 2.27. The molecule has 0 aliphatic carbocycles. The standard InChI is InChI=1S/C14H22N4O3/c1-3-10-7-5-6-8-17(10)12(19)9-18-11(4-2)13(14(20)21)15-16-18/h10H,3-9H2,1-2H3,(H,20,21). The third kappa shape index (κ3) is 3.22. The number of carboxylic acids is 1. The summed E-state index contributed by atoms with van der Waals surface area (Å²) in [5.74, 6) is -1.10. The summed E-state index contributed by atoms with van der Waals surface area (Å²) in [5, 5.41) is 16.6. The Hall–Kier alpha value is -1.92. The van der Waals surface area contributed by atoms with Gasteiger partial charge in [-0.05, 0) is 32.1 Å². The van der Waals surface area contributed by atoms with Crippen LogP contribution in [0, 0.1) is 0 Å². The van der Waals surface area contributed by atoms with E-state index in [1.54, 1.807) is 0 Å². The Morgan fingerprint density at radius 1 is 1.33 bits per heavy atom. The Kier molecular flexibility index (Phi) is 4.93. The number of carbonyl (C=O) groups is 2. The molecule has 0 spiro atoms. The molecule has 7 heteroatoms. The summed E-state index contributed by atoms with van der Waals surface area (Å²) in [5.41, 5.74) is 0.442. The molecule has 1 aromatic rings. The number of piperidine rings is 1. The van der Waals surface area contributed by atoms with Crippen molar-refractivity contribution in [1.29, 1.82) is 0 Å². The van der Waals surface area contributed by atoms with Gasteiger partial charge in [0.1, 0.15) is 6.54 Å². The summed E-state index contributed by atoms with van der Waals surface area (Å²) in [6.45, 7) is 4.77. The number of carbonyl (C=O) groups excluding carboxylic acids is 1. The Balaban J connectivity index is 2.14. The first-order valence-electron chi connectivity index (χ1n) is 7.53. The zero-order chi connectivity index (χ0) is 15.4. The highest BCUT2D eigenvalue weighted by molar-refractivity contribution is 5.86. The van der Waals surface area contributed by atoms with E-state index in [9.17, 15) is 9.59 Å². The van der Waals surface area contributed by atoms with Gasteiger partial charge in [-0.3, -0.25) is 4.79 Å². The number of rotatable bonds is 5. The minimum Gasteiger partial charge on any atom is -0.476 e. The quantitative estimate of drug-likeness (QED) is 0.885. The number of aromatic carboxylic acids is 1. The summed E-state index contributed by atoms with van der Waals surface area (Å²) < 4.78 is 1.42. The molecule has 1 aliphatic rings. The van der Waals surface area contributed by atoms with Crippen molar-refractivity contribution in [3.63, 3.8) is 0 Å². The largest absolute Gasteiger partial charge is 0.476 e. The maximum Gasteiger partial charge on any atom is 0.358 e. The normalized spacial score (nSPS) is 18.8. The molecule has 116 valence electrons. The van der Waals surface area contributed by atoms with Crippen LogP contribution in [0.15, 0.2) is 0 Å². The lowest BCUT2D eigenvalue weighted by atomic mass is 10.00. The molecule has 1 saturated heterocycles. The van der Waals surface area contributed by atoms with Crippen LogP contribution in [-0.2, 0) is 17.8 Å². The Morgan fingerprint density at radius 2 is 2.10 bits per heavy atom. The van der Waals surface area contributed by atoms with Crippen LogP contribution in [0.5, 0.6) is 0 Å². The maximum absolute atomic E-state index is 12.5. The van der Waals surface area contributed by atoms with Crippen LogP contribution in [0.25, 0.3) is 0 Å². The summed E-state index contributed by atoms with van der Waals surface area (Å²) in [6, 6.07) is 0.291. The SMILES string of the molecule is CCc1c(C(=O)O)nnn1CC(=O)N1CCCCC1CC. The van der Waals surface area contributed by atoms with Crippen LogP contribution in [-0.4, -0.2) is 49.5 Å². The van der Waals surface area contributed by atoms with E-state index in [1.807, 2.05) is 11.8 Å². The van der Waals surface area contributed by atoms with Crippen molar-refractivity contribution in [3.8, 4) is 0 Å². The summed E-state index contributed by atoms with van der Waals surface area (Å²) >= 11 is 0. The first-order valence-corrected chi connectivity index (χ1v) is 7.53. The molecule has 1 aliphatic heterocycles. The lowest BCUT2D eigenvalue weighted by Crippen LogP contribution is -2.45. The van der Waals surface area contributed by atoms with Gasteiger partial charge in [-0.15, -0.1) is 5.10 Å². The molecule has 1 N–H and O–H groups in total. The minimum absolute atomic E-state index is 0.00177. The second kappa shape index (κ2) is 6.69. The molecular formula is C14H22N4O3. The molecule has 1 amide bonds. The lowest BCUT2D eigenvalue weighted by Gasteiger charge is -2.35. The molecular weight excluding hydrogens is 272 g/mol. The van der Waals surface area contributed by atoms with E-state index in [4.69, 9.17) is 5.11 Å². The van der Waals surface area contributed by atoms with E-state index in [0.29, 0.717) is 18.2 Å². The third-order valence-electron chi connectivity index (χ3n) is 4.08. The molecule has 2 rings (SSSR count). The summed E-state index contributed by atoms with van der Waals surface area (Å²) in [6.07, 6.45) is 4.67. The third-order valence-corrected chi connectivity index (χ3v) is 4.08. The number of carboxylic acid groups (broad SMARTS) is 1. The van der Waals surface area contributed by atoms with Crippen LogP contribution in [0.1, 0.15) is 55.7 Å². The van der Waals surface area contributed by atoms with E-state index in [1.165, 1.54) is 4.68 Å². The van der Waals surface area contributed by atoms with Gasteiger partial charge < -0.3 is 10.0 Å². The highest BCUT2D eigenvalue weighted by atomic mass is 16.4. The van der Waals surface area contributed by atoms with Gasteiger partial charge in [-0.1, -0.05) is 19.1 Å². The van der Waals surface area contributed by atoms with Crippen LogP contribution < -0.4 is 0 Å². The van der Waals surface area contributed by atoms with Gasteiger partial charge in [0.15, 0.2) is 5.69 Å². The molecule has 21 heavy (non-hydrogen) atoms. The Labute approximate surface area is 123 Å². The number of aromatic nitrogens is 3. The van der Waals surface area contributed by atoms with Crippen molar-refractivity contribution in [3.05, 3.63) is 11.4 Å². The minimum atomic E-state index is -1.10. The van der Waals surface area contributed by atoms with Gasteiger partial charge in [-0.25, -0.2) is 9.48 Å². The molecule has 1 aromatic heterocycles. The Bertz CT molecular complexity index is 526. The molecule has 1 atom stereocenters. The van der Waals surface area contributed by atoms with E-state index in [2.05, 4.69) is 17.2 Å². The molecule has 0 saturated carbocycles. The van der Waals surface area contributed by atoms with Crippen molar-refractivity contribution in [2.45, 2.75) is 58.5 Å². The molecule has 2 heterocycles. The van der Waals surface area contributed by atoms with E-state index in [-0.39, 0.29) is 18.1 Å². The second-order valence-electron chi connectivity index (χ2n) is 5.35. The van der Waals surface area contributed by atoms with Gasteiger partial charge in [0, 0.05) is 12.6 Å². The van der Waals surface area contributed by atoms with Gasteiger partial charge in [0.2, 0.25) is 5.91 Å². The topological polar surface area (TPSA) is 88.3 Å². The zero-order valence-electron chi connectivity index (χ0n) is 12.6. The average molecular weight is 294 g/mol. The smallest absolute Gasteiger partial charge is 0.358 e. The van der Waals surface area contributed by atoms with E-state index >= 15 is 0 Å². The fourth-order valence-corrected chi connectivity index (χ4v) is 2.95. The van der Waals surface area contributed by atoms with E-state index in [0.717, 1.165) is 32.2 Å². The molecule has 0 radical (unpaired) electrons.